The van der Waals surface area contributed by atoms with E-state index in [2.05, 4.69) is 0 Å². The summed E-state index contributed by atoms with van der Waals surface area (Å²) < 4.78 is 72.7. The summed E-state index contributed by atoms with van der Waals surface area (Å²) in [4.78, 5) is 25.9. The zero-order valence-corrected chi connectivity index (χ0v) is 30.6. The lowest BCUT2D eigenvalue weighted by atomic mass is 9.82. The Morgan fingerprint density at radius 2 is 0.852 bits per heavy atom. The summed E-state index contributed by atoms with van der Waals surface area (Å²) in [6, 6.07) is 22.6. The van der Waals surface area contributed by atoms with Gasteiger partial charge in [-0.25, -0.2) is 8.78 Å². The minimum atomic E-state index is -0.440. The minimum Gasteiger partial charge on any atom is -0.491 e. The number of hydrogen-bond donors (Lipinski definition) is 0. The molecule has 10 nitrogen and oxygen atoms in total. The molecule has 0 bridgehead atoms. The van der Waals surface area contributed by atoms with E-state index in [1.54, 1.807) is 87.0 Å². The maximum absolute atomic E-state index is 14.9. The van der Waals surface area contributed by atoms with E-state index in [9.17, 15) is 18.4 Å². The largest absolute Gasteiger partial charge is 0.491 e. The molecule has 4 aromatic carbocycles. The highest BCUT2D eigenvalue weighted by Crippen LogP contribution is 2.33. The van der Waals surface area contributed by atoms with E-state index in [-0.39, 0.29) is 37.0 Å². The zero-order valence-electron chi connectivity index (χ0n) is 30.6. The average Bonchev–Trinajstić information content (AvgIpc) is 3.18. The quantitative estimate of drug-likeness (QED) is 0.0507. The van der Waals surface area contributed by atoms with Crippen molar-refractivity contribution in [3.05, 3.63) is 96.6 Å². The first kappa shape index (κ1) is 40.3. The second-order valence-electron chi connectivity index (χ2n) is 12.6. The predicted octanol–water partition coefficient (Wildman–Crippen LogP) is 7.70. The molecule has 0 aliphatic heterocycles. The third-order valence-electron chi connectivity index (χ3n) is 8.90. The Hall–Kier alpha value is -4.88. The summed E-state index contributed by atoms with van der Waals surface area (Å²) in [5.74, 6) is -0.839. The molecule has 0 saturated heterocycles. The topological polar surface area (TPSA) is 108 Å². The number of methoxy groups -OCH3 is 2. The molecule has 0 heterocycles. The molecule has 12 heteroatoms. The molecule has 0 aromatic heterocycles. The van der Waals surface area contributed by atoms with Crippen molar-refractivity contribution in [1.82, 2.24) is 0 Å². The van der Waals surface area contributed by atoms with Crippen LogP contribution in [0.1, 0.15) is 25.7 Å². The van der Waals surface area contributed by atoms with Gasteiger partial charge in [0.1, 0.15) is 47.8 Å². The van der Waals surface area contributed by atoms with Crippen LogP contribution in [0.25, 0.3) is 22.3 Å². The summed E-state index contributed by atoms with van der Waals surface area (Å²) in [5.41, 5.74) is 2.02. The normalized spacial score (nSPS) is 15.4. The Bertz CT molecular complexity index is 1640. The maximum atomic E-state index is 14.9. The van der Waals surface area contributed by atoms with E-state index in [4.69, 9.17) is 37.9 Å². The van der Waals surface area contributed by atoms with Gasteiger partial charge in [0.25, 0.3) is 0 Å². The van der Waals surface area contributed by atoms with Gasteiger partial charge in [0.2, 0.25) is 0 Å². The number of carbonyl (C=O) groups excluding carboxylic acids is 2. The first-order chi connectivity index (χ1) is 26.3. The van der Waals surface area contributed by atoms with Crippen molar-refractivity contribution in [3.63, 3.8) is 0 Å². The van der Waals surface area contributed by atoms with Crippen molar-refractivity contribution >= 4 is 11.9 Å². The van der Waals surface area contributed by atoms with E-state index in [0.717, 1.165) is 0 Å². The molecule has 1 saturated carbocycles. The second-order valence-corrected chi connectivity index (χ2v) is 12.6. The summed E-state index contributed by atoms with van der Waals surface area (Å²) >= 11 is 0. The standard InChI is InChI=1S/C42H46F2O10/c1-47-19-21-49-23-25-51-35-15-17-37(39(43)27-35)29-7-11-33(12-8-29)53-41(45)31-3-5-32(6-4-31)42(46)54-34-13-9-30(10-14-34)38-18-16-36(28-40(38)44)52-26-24-50-22-20-48-2/h7-18,27-28,31-32H,3-6,19-26H2,1-2H3. The molecule has 0 unspecified atom stereocenters. The molecule has 1 aliphatic carbocycles. The van der Waals surface area contributed by atoms with Gasteiger partial charge >= 0.3 is 11.9 Å². The molecule has 1 aliphatic rings. The monoisotopic (exact) mass is 748 g/mol. The highest BCUT2D eigenvalue weighted by Gasteiger charge is 2.32. The lowest BCUT2D eigenvalue weighted by Gasteiger charge is -2.25. The van der Waals surface area contributed by atoms with Crippen molar-refractivity contribution in [2.45, 2.75) is 25.7 Å². The van der Waals surface area contributed by atoms with Crippen molar-refractivity contribution in [3.8, 4) is 45.3 Å². The molecule has 4 aromatic rings. The van der Waals surface area contributed by atoms with Crippen molar-refractivity contribution in [1.29, 1.82) is 0 Å². The second kappa shape index (κ2) is 21.1. The number of carbonyl (C=O) groups is 2. The van der Waals surface area contributed by atoms with Crippen LogP contribution >= 0.6 is 0 Å². The third-order valence-corrected chi connectivity index (χ3v) is 8.90. The molecule has 0 radical (unpaired) electrons. The van der Waals surface area contributed by atoms with Crippen LogP contribution in [0.3, 0.4) is 0 Å². The van der Waals surface area contributed by atoms with Crippen molar-refractivity contribution < 1.29 is 56.3 Å². The highest BCUT2D eigenvalue weighted by atomic mass is 19.1. The predicted molar refractivity (Wildman–Crippen MR) is 197 cm³/mol. The van der Waals surface area contributed by atoms with E-state index in [1.165, 1.54) is 12.1 Å². The van der Waals surface area contributed by atoms with Gasteiger partial charge < -0.3 is 37.9 Å². The van der Waals surface area contributed by atoms with E-state index < -0.39 is 11.6 Å². The lowest BCUT2D eigenvalue weighted by Crippen LogP contribution is -2.30. The van der Waals surface area contributed by atoms with Crippen LogP contribution in [-0.2, 0) is 28.5 Å². The SMILES string of the molecule is COCCOCCOc1ccc(-c2ccc(OC(=O)C3CCC(C(=O)Oc4ccc(-c5ccc(OCCOCCOC)cc5F)cc4)CC3)cc2)c(F)c1. The number of halogens is 2. The van der Waals surface area contributed by atoms with Gasteiger partial charge in [0, 0.05) is 37.5 Å². The maximum Gasteiger partial charge on any atom is 0.314 e. The number of benzene rings is 4. The molecule has 54 heavy (non-hydrogen) atoms. The van der Waals surface area contributed by atoms with Gasteiger partial charge in [0.05, 0.1) is 51.5 Å². The van der Waals surface area contributed by atoms with Crippen LogP contribution in [0.4, 0.5) is 8.78 Å². The van der Waals surface area contributed by atoms with Gasteiger partial charge in [-0.2, -0.15) is 0 Å². The fourth-order valence-corrected chi connectivity index (χ4v) is 5.93. The van der Waals surface area contributed by atoms with Crippen LogP contribution < -0.4 is 18.9 Å². The minimum absolute atomic E-state index is 0.287. The van der Waals surface area contributed by atoms with Crippen LogP contribution in [0.2, 0.25) is 0 Å². The van der Waals surface area contributed by atoms with Crippen LogP contribution in [0.5, 0.6) is 23.0 Å². The van der Waals surface area contributed by atoms with Gasteiger partial charge in [0.15, 0.2) is 0 Å². The van der Waals surface area contributed by atoms with Crippen molar-refractivity contribution in [2.75, 3.05) is 67.1 Å². The third kappa shape index (κ3) is 12.1. The smallest absolute Gasteiger partial charge is 0.314 e. The number of esters is 2. The number of ether oxygens (including phenoxy) is 8. The Kier molecular flexibility index (Phi) is 15.8. The van der Waals surface area contributed by atoms with E-state index >= 15 is 0 Å². The molecule has 0 amide bonds. The Labute approximate surface area is 314 Å². The Morgan fingerprint density at radius 3 is 1.20 bits per heavy atom. The van der Waals surface area contributed by atoms with Gasteiger partial charge in [-0.1, -0.05) is 24.3 Å². The molecule has 0 atom stereocenters. The molecular weight excluding hydrogens is 702 g/mol. The highest BCUT2D eigenvalue weighted by molar-refractivity contribution is 5.78. The lowest BCUT2D eigenvalue weighted by molar-refractivity contribution is -0.145. The van der Waals surface area contributed by atoms with E-state index in [1.807, 2.05) is 0 Å². The van der Waals surface area contributed by atoms with Crippen LogP contribution in [0.15, 0.2) is 84.9 Å². The van der Waals surface area contributed by atoms with E-state index in [0.29, 0.717) is 111 Å². The van der Waals surface area contributed by atoms with Gasteiger partial charge in [-0.05, 0) is 85.3 Å². The fourth-order valence-electron chi connectivity index (χ4n) is 5.93. The van der Waals surface area contributed by atoms with Crippen LogP contribution in [0, 0.1) is 23.5 Å². The van der Waals surface area contributed by atoms with Crippen molar-refractivity contribution in [2.24, 2.45) is 11.8 Å². The molecule has 288 valence electrons. The average molecular weight is 749 g/mol. The number of rotatable bonds is 20. The Morgan fingerprint density at radius 1 is 0.500 bits per heavy atom. The summed E-state index contributed by atoms with van der Waals surface area (Å²) in [6.45, 7) is 3.22. The summed E-state index contributed by atoms with van der Waals surface area (Å²) in [7, 11) is 3.19. The zero-order chi connectivity index (χ0) is 38.1. The fraction of sp³-hybridized carbons (Fsp3) is 0.381. The molecule has 0 N–H and O–H groups in total. The number of hydrogen-bond acceptors (Lipinski definition) is 10. The van der Waals surface area contributed by atoms with Gasteiger partial charge in [-0.3, -0.25) is 9.59 Å². The summed E-state index contributed by atoms with van der Waals surface area (Å²) in [6.07, 6.45) is 1.92. The Balaban J connectivity index is 1.03. The molecular formula is C42H46F2O10. The summed E-state index contributed by atoms with van der Waals surface area (Å²) in [5, 5.41) is 0. The molecule has 1 fully saturated rings. The van der Waals surface area contributed by atoms with Crippen LogP contribution in [-0.4, -0.2) is 79.0 Å². The van der Waals surface area contributed by atoms with Gasteiger partial charge in [-0.15, -0.1) is 0 Å². The molecule has 5 rings (SSSR count). The molecule has 0 spiro atoms. The first-order valence-corrected chi connectivity index (χ1v) is 18.0. The first-order valence-electron chi connectivity index (χ1n) is 18.0.